The minimum Gasteiger partial charge on any atom is -0.492 e. The number of ether oxygens (including phenoxy) is 2. The van der Waals surface area contributed by atoms with Crippen LogP contribution >= 0.6 is 0 Å². The van der Waals surface area contributed by atoms with Crippen molar-refractivity contribution in [1.29, 1.82) is 0 Å². The van der Waals surface area contributed by atoms with Crippen molar-refractivity contribution in [3.05, 3.63) is 89.5 Å². The van der Waals surface area contributed by atoms with E-state index in [1.807, 2.05) is 82.3 Å². The number of anilines is 1. The van der Waals surface area contributed by atoms with Crippen LogP contribution in [-0.2, 0) is 16.1 Å². The first kappa shape index (κ1) is 34.5. The molecule has 0 saturated heterocycles. The van der Waals surface area contributed by atoms with E-state index in [1.165, 1.54) is 12.0 Å². The van der Waals surface area contributed by atoms with Gasteiger partial charge in [-0.15, -0.1) is 12.8 Å². The second-order valence-electron chi connectivity index (χ2n) is 10.9. The smallest absolute Gasteiger partial charge is 0.142 e. The Bertz CT molecular complexity index is 1450. The summed E-state index contributed by atoms with van der Waals surface area (Å²) in [5, 5.41) is 3.43. The summed E-state index contributed by atoms with van der Waals surface area (Å²) in [7, 11) is -2.74. The van der Waals surface area contributed by atoms with Gasteiger partial charge in [0.05, 0.1) is 28.0 Å². The maximum absolute atomic E-state index is 13.8. The van der Waals surface area contributed by atoms with Crippen molar-refractivity contribution < 1.29 is 13.7 Å². The fourth-order valence-electron chi connectivity index (χ4n) is 4.65. The van der Waals surface area contributed by atoms with Gasteiger partial charge in [-0.05, 0) is 99.1 Å². The van der Waals surface area contributed by atoms with E-state index in [-0.39, 0.29) is 6.04 Å². The van der Waals surface area contributed by atoms with Crippen molar-refractivity contribution in [2.75, 3.05) is 11.9 Å². The van der Waals surface area contributed by atoms with E-state index in [2.05, 4.69) is 62.2 Å². The van der Waals surface area contributed by atoms with Crippen molar-refractivity contribution >= 4 is 27.0 Å². The van der Waals surface area contributed by atoms with Crippen LogP contribution in [0.3, 0.4) is 0 Å². The lowest BCUT2D eigenvalue weighted by Crippen LogP contribution is -2.41. The second-order valence-corrected chi connectivity index (χ2v) is 13.0. The maximum atomic E-state index is 13.8. The van der Waals surface area contributed by atoms with Gasteiger partial charge in [-0.25, -0.2) is 8.93 Å². The van der Waals surface area contributed by atoms with E-state index in [1.54, 1.807) is 0 Å². The van der Waals surface area contributed by atoms with Crippen LogP contribution in [0.5, 0.6) is 11.5 Å². The third-order valence-corrected chi connectivity index (χ3v) is 8.28. The molecule has 1 unspecified atom stereocenters. The van der Waals surface area contributed by atoms with Gasteiger partial charge in [-0.3, -0.25) is 0 Å². The van der Waals surface area contributed by atoms with Gasteiger partial charge in [-0.2, -0.15) is 0 Å². The molecule has 0 amide bonds. The van der Waals surface area contributed by atoms with Gasteiger partial charge in [0.25, 0.3) is 0 Å². The Morgan fingerprint density at radius 1 is 1.05 bits per heavy atom. The van der Waals surface area contributed by atoms with Gasteiger partial charge in [-0.1, -0.05) is 52.0 Å². The monoisotopic (exact) mass is 588 g/mol. The van der Waals surface area contributed by atoms with Crippen molar-refractivity contribution in [1.82, 2.24) is 4.72 Å². The lowest BCUT2D eigenvalue weighted by molar-refractivity contribution is 0.0704. The molecule has 2 N–H and O–H groups in total. The zero-order valence-corrected chi connectivity index (χ0v) is 27.2. The summed E-state index contributed by atoms with van der Waals surface area (Å²) in [6.45, 7) is 19.3. The summed E-state index contributed by atoms with van der Waals surface area (Å²) in [5.74, 6) is 5.64. The highest BCUT2D eigenvalue weighted by Crippen LogP contribution is 2.41. The molecule has 0 saturated carbocycles. The second kappa shape index (κ2) is 15.5. The van der Waals surface area contributed by atoms with E-state index in [0.29, 0.717) is 17.9 Å². The first-order chi connectivity index (χ1) is 19.9. The van der Waals surface area contributed by atoms with Crippen LogP contribution in [-0.4, -0.2) is 22.3 Å². The molecule has 0 spiro atoms. The molecule has 0 aliphatic carbocycles. The fraction of sp³-hybridized carbons (Fsp3) is 0.361. The van der Waals surface area contributed by atoms with Crippen LogP contribution in [0.15, 0.2) is 72.1 Å². The highest BCUT2D eigenvalue weighted by Gasteiger charge is 2.35. The van der Waals surface area contributed by atoms with E-state index in [9.17, 15) is 4.21 Å². The van der Waals surface area contributed by atoms with E-state index in [4.69, 9.17) is 9.47 Å². The number of rotatable bonds is 9. The summed E-state index contributed by atoms with van der Waals surface area (Å²) in [6.07, 6.45) is 10.8. The zero-order chi connectivity index (χ0) is 31.5. The largest absolute Gasteiger partial charge is 0.492 e. The minimum absolute atomic E-state index is 0.208. The molecule has 6 heteroatoms. The first-order valence-corrected chi connectivity index (χ1v) is 16.2. The molecule has 1 aliphatic heterocycles. The Morgan fingerprint density at radius 2 is 1.69 bits per heavy atom. The van der Waals surface area contributed by atoms with Gasteiger partial charge >= 0.3 is 0 Å². The molecular weight excluding hydrogens is 540 g/mol. The molecule has 5 nitrogen and oxygen atoms in total. The zero-order valence-electron chi connectivity index (χ0n) is 26.4. The fourth-order valence-corrected chi connectivity index (χ4v) is 6.03. The molecule has 0 bridgehead atoms. The number of aryl methyl sites for hydroxylation is 2. The van der Waals surface area contributed by atoms with Crippen LogP contribution in [0, 0.1) is 19.8 Å². The Labute approximate surface area is 254 Å². The molecule has 3 aromatic rings. The lowest BCUT2D eigenvalue weighted by Gasteiger charge is -2.38. The third kappa shape index (κ3) is 9.17. The number of nitrogens with one attached hydrogen (secondary N) is 2. The number of hydrogen-bond acceptors (Lipinski definition) is 4. The maximum Gasteiger partial charge on any atom is 0.142 e. The van der Waals surface area contributed by atoms with Crippen LogP contribution in [0.1, 0.15) is 82.7 Å². The highest BCUT2D eigenvalue weighted by atomic mass is 32.2. The van der Waals surface area contributed by atoms with E-state index in [0.717, 1.165) is 46.0 Å². The Kier molecular flexibility index (Phi) is 12.8. The van der Waals surface area contributed by atoms with Gasteiger partial charge in [0, 0.05) is 22.6 Å². The molecule has 1 aliphatic rings. The molecule has 3 aromatic carbocycles. The number of terminal acetylenes is 1. The van der Waals surface area contributed by atoms with Crippen LogP contribution in [0.4, 0.5) is 5.69 Å². The standard InChI is InChI=1S/C31H38N2O3S.C3H8.C2H2/c1-8-23-11-14-25(15-12-23)37(7,34)33-28-20-31(5,6)36-29-17-13-24(19-26(28)29)22(4)32-27-18-21(3)10-16-30(27)35-9-2;1-3-2;1-2/h10-19,28,32H,4,7-9,20H2,1-3,5-6H3,(H,33,34);3H2,1-2H3;1-2H/t28-,37?;;/m0../s1. The highest BCUT2D eigenvalue weighted by molar-refractivity contribution is 7.98. The molecule has 226 valence electrons. The van der Waals surface area contributed by atoms with Crippen LogP contribution < -0.4 is 19.5 Å². The van der Waals surface area contributed by atoms with Gasteiger partial charge in [0.1, 0.15) is 17.1 Å². The predicted molar refractivity (Wildman–Crippen MR) is 182 cm³/mol. The van der Waals surface area contributed by atoms with Gasteiger partial charge in [0.15, 0.2) is 0 Å². The van der Waals surface area contributed by atoms with E-state index >= 15 is 0 Å². The third-order valence-electron chi connectivity index (χ3n) is 6.58. The Morgan fingerprint density at radius 3 is 2.29 bits per heavy atom. The van der Waals surface area contributed by atoms with Gasteiger partial charge < -0.3 is 14.8 Å². The summed E-state index contributed by atoms with van der Waals surface area (Å²) in [6, 6.07) is 19.7. The molecule has 42 heavy (non-hydrogen) atoms. The normalized spacial score (nSPS) is 16.1. The van der Waals surface area contributed by atoms with E-state index < -0.39 is 15.3 Å². The number of hydrogen-bond donors (Lipinski definition) is 2. The summed E-state index contributed by atoms with van der Waals surface area (Å²) >= 11 is 0. The predicted octanol–water partition coefficient (Wildman–Crippen LogP) is 8.59. The van der Waals surface area contributed by atoms with Crippen LogP contribution in [0.2, 0.25) is 0 Å². The minimum atomic E-state index is -2.74. The molecule has 0 fully saturated rings. The average Bonchev–Trinajstić information content (AvgIpc) is 2.95. The Hall–Kier alpha value is -3.66. The van der Waals surface area contributed by atoms with Gasteiger partial charge in [0.2, 0.25) is 0 Å². The lowest BCUT2D eigenvalue weighted by atomic mass is 9.89. The average molecular weight is 589 g/mol. The molecule has 1 heterocycles. The van der Waals surface area contributed by atoms with Crippen molar-refractivity contribution in [2.45, 2.75) is 84.3 Å². The molecule has 0 radical (unpaired) electrons. The van der Waals surface area contributed by atoms with Crippen molar-refractivity contribution in [3.8, 4) is 24.3 Å². The first-order valence-electron chi connectivity index (χ1n) is 14.5. The number of fused-ring (bicyclic) bond motifs is 1. The quantitative estimate of drug-likeness (QED) is 0.194. The topological polar surface area (TPSA) is 59.6 Å². The van der Waals surface area contributed by atoms with Crippen molar-refractivity contribution in [3.63, 3.8) is 0 Å². The molecule has 2 atom stereocenters. The molecule has 0 aromatic heterocycles. The molecule has 4 rings (SSSR count). The van der Waals surface area contributed by atoms with Crippen LogP contribution in [0.25, 0.3) is 5.70 Å². The summed E-state index contributed by atoms with van der Waals surface area (Å²) in [4.78, 5) is 0.695. The number of benzene rings is 3. The molecular formula is C36H48N2O3S. The summed E-state index contributed by atoms with van der Waals surface area (Å²) in [5.41, 5.74) is 5.37. The summed E-state index contributed by atoms with van der Waals surface area (Å²) < 4.78 is 29.2. The Balaban J connectivity index is 0.00000116. The van der Waals surface area contributed by atoms with Crippen molar-refractivity contribution in [2.24, 2.45) is 0 Å². The SMILES string of the molecule is C#C.C=C(Nc1cc(C)ccc1OCC)c1ccc2c(c1)[C@@H](NS(=C)(=O)c1ccc(CC)cc1)CC(C)(C)O2.CCC.